The van der Waals surface area contributed by atoms with Gasteiger partial charge in [0.25, 0.3) is 0 Å². The second-order valence-electron chi connectivity index (χ2n) is 4.29. The van der Waals surface area contributed by atoms with Gasteiger partial charge in [-0.15, -0.1) is 0 Å². The predicted molar refractivity (Wildman–Crippen MR) is 68.1 cm³/mol. The largest absolute Gasteiger partial charge is 0.374 e. The van der Waals surface area contributed by atoms with E-state index in [2.05, 4.69) is 18.8 Å². The highest BCUT2D eigenvalue weighted by atomic mass is 16.3. The van der Waals surface area contributed by atoms with Crippen LogP contribution in [0.1, 0.15) is 44.2 Å². The van der Waals surface area contributed by atoms with Crippen LogP contribution in [0, 0.1) is 18.8 Å². The minimum Gasteiger partial charge on any atom is -0.374 e. The van der Waals surface area contributed by atoms with E-state index in [1.165, 1.54) is 0 Å². The normalized spacial score (nSPS) is 13.8. The number of unbranched alkanes of at least 4 members (excludes halogenated alkanes) is 2. The van der Waals surface area contributed by atoms with Crippen LogP contribution in [0.25, 0.3) is 0 Å². The lowest BCUT2D eigenvalue weighted by molar-refractivity contribution is 0.121. The van der Waals surface area contributed by atoms with Crippen LogP contribution in [-0.4, -0.2) is 5.11 Å². The predicted octanol–water partition coefficient (Wildman–Crippen LogP) is 3.40. The van der Waals surface area contributed by atoms with Gasteiger partial charge in [0, 0.05) is 6.42 Å². The molecule has 0 bridgehead atoms. The summed E-state index contributed by atoms with van der Waals surface area (Å²) in [5.41, 5.74) is 0.954. The second kappa shape index (κ2) is 5.72. The summed E-state index contributed by atoms with van der Waals surface area (Å²) in [6.45, 7) is 5.90. The van der Waals surface area contributed by atoms with Gasteiger partial charge in [-0.05, 0) is 31.4 Å². The van der Waals surface area contributed by atoms with Crippen LogP contribution in [-0.2, 0) is 5.60 Å². The van der Waals surface area contributed by atoms with E-state index in [4.69, 9.17) is 0 Å². The lowest BCUT2D eigenvalue weighted by Crippen LogP contribution is -2.19. The van der Waals surface area contributed by atoms with E-state index in [1.54, 1.807) is 6.92 Å². The third-order valence-electron chi connectivity index (χ3n) is 2.66. The Morgan fingerprint density at radius 1 is 1.31 bits per heavy atom. The van der Waals surface area contributed by atoms with Gasteiger partial charge in [0.15, 0.2) is 0 Å². The van der Waals surface area contributed by atoms with Gasteiger partial charge in [-0.3, -0.25) is 0 Å². The Bertz CT molecular complexity index is 393. The van der Waals surface area contributed by atoms with Crippen molar-refractivity contribution < 1.29 is 5.11 Å². The molecule has 0 heterocycles. The molecule has 0 saturated heterocycles. The van der Waals surface area contributed by atoms with Crippen molar-refractivity contribution >= 4 is 0 Å². The van der Waals surface area contributed by atoms with Crippen molar-refractivity contribution in [1.82, 2.24) is 0 Å². The lowest BCUT2D eigenvalue weighted by Gasteiger charge is -2.19. The smallest absolute Gasteiger partial charge is 0.148 e. The minimum atomic E-state index is -1.03. The van der Waals surface area contributed by atoms with Crippen molar-refractivity contribution in [2.75, 3.05) is 0 Å². The van der Waals surface area contributed by atoms with Gasteiger partial charge < -0.3 is 5.11 Å². The van der Waals surface area contributed by atoms with Gasteiger partial charge >= 0.3 is 0 Å². The standard InChI is InChI=1S/C15H20O/c1-4-5-6-9-12-15(3,16)14-11-8-7-10-13(14)2/h7-8,10-11,16H,4-6H2,1-3H3/t15-/m1/s1. The minimum absolute atomic E-state index is 0.860. The zero-order chi connectivity index (χ0) is 12.0. The first kappa shape index (κ1) is 12.8. The molecular formula is C15H20O. The fraction of sp³-hybridized carbons (Fsp3) is 0.467. The molecule has 1 aromatic rings. The molecule has 0 aliphatic rings. The highest BCUT2D eigenvalue weighted by Gasteiger charge is 2.21. The highest BCUT2D eigenvalue weighted by molar-refractivity contribution is 5.36. The average molecular weight is 216 g/mol. The number of aliphatic hydroxyl groups is 1. The third-order valence-corrected chi connectivity index (χ3v) is 2.66. The zero-order valence-corrected chi connectivity index (χ0v) is 10.4. The van der Waals surface area contributed by atoms with Gasteiger partial charge in [-0.25, -0.2) is 0 Å². The Morgan fingerprint density at radius 2 is 2.00 bits per heavy atom. The van der Waals surface area contributed by atoms with Gasteiger partial charge in [-0.2, -0.15) is 0 Å². The van der Waals surface area contributed by atoms with Gasteiger partial charge in [0.05, 0.1) is 0 Å². The van der Waals surface area contributed by atoms with E-state index in [0.29, 0.717) is 0 Å². The summed E-state index contributed by atoms with van der Waals surface area (Å²) in [5.74, 6) is 6.01. The number of rotatable bonds is 3. The van der Waals surface area contributed by atoms with Crippen LogP contribution in [0.3, 0.4) is 0 Å². The molecule has 1 rings (SSSR count). The van der Waals surface area contributed by atoms with Crippen molar-refractivity contribution in [3.05, 3.63) is 35.4 Å². The van der Waals surface area contributed by atoms with Crippen LogP contribution in [0.15, 0.2) is 24.3 Å². The first-order valence-corrected chi connectivity index (χ1v) is 5.86. The Hall–Kier alpha value is -1.26. The first-order chi connectivity index (χ1) is 7.58. The van der Waals surface area contributed by atoms with Crippen LogP contribution >= 0.6 is 0 Å². The summed E-state index contributed by atoms with van der Waals surface area (Å²) in [6.07, 6.45) is 3.09. The zero-order valence-electron chi connectivity index (χ0n) is 10.4. The van der Waals surface area contributed by atoms with E-state index < -0.39 is 5.60 Å². The molecule has 1 N–H and O–H groups in total. The second-order valence-corrected chi connectivity index (χ2v) is 4.29. The Kier molecular flexibility index (Phi) is 4.58. The molecule has 0 saturated carbocycles. The summed E-state index contributed by atoms with van der Waals surface area (Å²) in [4.78, 5) is 0. The lowest BCUT2D eigenvalue weighted by atomic mass is 9.92. The molecule has 0 spiro atoms. The van der Waals surface area contributed by atoms with Crippen molar-refractivity contribution in [3.63, 3.8) is 0 Å². The molecule has 0 aliphatic carbocycles. The fourth-order valence-corrected chi connectivity index (χ4v) is 1.69. The summed E-state index contributed by atoms with van der Waals surface area (Å²) in [7, 11) is 0. The van der Waals surface area contributed by atoms with Crippen molar-refractivity contribution in [2.45, 2.75) is 45.6 Å². The fourth-order valence-electron chi connectivity index (χ4n) is 1.69. The van der Waals surface area contributed by atoms with Gasteiger partial charge in [-0.1, -0.05) is 49.5 Å². The van der Waals surface area contributed by atoms with E-state index >= 15 is 0 Å². The monoisotopic (exact) mass is 216 g/mol. The molecule has 1 nitrogen and oxygen atoms in total. The Balaban J connectivity index is 2.84. The van der Waals surface area contributed by atoms with Crippen LogP contribution in [0.5, 0.6) is 0 Å². The third kappa shape index (κ3) is 3.40. The highest BCUT2D eigenvalue weighted by Crippen LogP contribution is 2.22. The summed E-state index contributed by atoms with van der Waals surface area (Å²) >= 11 is 0. The average Bonchev–Trinajstić information content (AvgIpc) is 2.25. The molecule has 1 atom stereocenters. The van der Waals surface area contributed by atoms with E-state index in [9.17, 15) is 5.11 Å². The topological polar surface area (TPSA) is 20.2 Å². The Labute approximate surface area is 98.5 Å². The molecule has 0 amide bonds. The quantitative estimate of drug-likeness (QED) is 0.606. The van der Waals surface area contributed by atoms with Crippen molar-refractivity contribution in [1.29, 1.82) is 0 Å². The van der Waals surface area contributed by atoms with Crippen molar-refractivity contribution in [2.24, 2.45) is 0 Å². The van der Waals surface area contributed by atoms with E-state index in [1.807, 2.05) is 31.2 Å². The van der Waals surface area contributed by atoms with Gasteiger partial charge in [0.1, 0.15) is 5.60 Å². The van der Waals surface area contributed by atoms with Crippen LogP contribution < -0.4 is 0 Å². The Morgan fingerprint density at radius 3 is 2.62 bits per heavy atom. The molecule has 0 aliphatic heterocycles. The molecule has 0 unspecified atom stereocenters. The maximum atomic E-state index is 10.3. The summed E-state index contributed by atoms with van der Waals surface area (Å²) in [5, 5.41) is 10.3. The van der Waals surface area contributed by atoms with Gasteiger partial charge in [0.2, 0.25) is 0 Å². The summed E-state index contributed by atoms with van der Waals surface area (Å²) < 4.78 is 0. The van der Waals surface area contributed by atoms with E-state index in [0.717, 1.165) is 30.4 Å². The first-order valence-electron chi connectivity index (χ1n) is 5.86. The molecule has 1 heteroatoms. The number of hydrogen-bond acceptors (Lipinski definition) is 1. The maximum absolute atomic E-state index is 10.3. The van der Waals surface area contributed by atoms with Crippen molar-refractivity contribution in [3.8, 4) is 11.8 Å². The molecule has 16 heavy (non-hydrogen) atoms. The van der Waals surface area contributed by atoms with E-state index in [-0.39, 0.29) is 0 Å². The molecule has 0 radical (unpaired) electrons. The molecule has 1 aromatic carbocycles. The number of hydrogen-bond donors (Lipinski definition) is 1. The maximum Gasteiger partial charge on any atom is 0.148 e. The molecular weight excluding hydrogens is 196 g/mol. The van der Waals surface area contributed by atoms with Crippen LogP contribution in [0.4, 0.5) is 0 Å². The molecule has 0 fully saturated rings. The van der Waals surface area contributed by atoms with Crippen LogP contribution in [0.2, 0.25) is 0 Å². The number of aryl methyl sites for hydroxylation is 1. The molecule has 0 aromatic heterocycles. The summed E-state index contributed by atoms with van der Waals surface area (Å²) in [6, 6.07) is 7.84. The SMILES string of the molecule is CCCCC#C[C@@](C)(O)c1ccccc1C. The number of benzene rings is 1. The molecule has 86 valence electrons.